The first-order valence-corrected chi connectivity index (χ1v) is 2.92. The van der Waals surface area contributed by atoms with Crippen LogP contribution in [0.2, 0.25) is 0 Å². The Kier molecular flexibility index (Phi) is 1.58. The van der Waals surface area contributed by atoms with E-state index in [1.54, 1.807) is 0 Å². The van der Waals surface area contributed by atoms with Gasteiger partial charge in [-0.25, -0.2) is 13.2 Å². The molecule has 0 spiro atoms. The van der Waals surface area contributed by atoms with E-state index in [1.807, 2.05) is 0 Å². The number of hydrogen-bond donors (Lipinski definition) is 0. The molecule has 0 radical (unpaired) electrons. The molecule has 56 valence electrons. The summed E-state index contributed by atoms with van der Waals surface area (Å²) >= 11 is 0. The van der Waals surface area contributed by atoms with E-state index in [4.69, 9.17) is 0 Å². The Bertz CT molecular complexity index is 191. The third-order valence-electron chi connectivity index (χ3n) is 1.42. The Morgan fingerprint density at radius 1 is 1.60 bits per heavy atom. The Morgan fingerprint density at radius 3 is 2.60 bits per heavy atom. The molecule has 0 heterocycles. The highest BCUT2D eigenvalue weighted by molar-refractivity contribution is 5.25. The highest BCUT2D eigenvalue weighted by Gasteiger charge is 2.36. The zero-order valence-corrected chi connectivity index (χ0v) is 5.44. The second kappa shape index (κ2) is 2.15. The van der Waals surface area contributed by atoms with E-state index in [0.29, 0.717) is 0 Å². The molecule has 0 aromatic rings. The van der Waals surface area contributed by atoms with Crippen LogP contribution in [0.3, 0.4) is 0 Å². The van der Waals surface area contributed by atoms with Crippen LogP contribution in [0.25, 0.3) is 0 Å². The van der Waals surface area contributed by atoms with Crippen molar-refractivity contribution in [2.24, 2.45) is 0 Å². The Hall–Kier alpha value is -0.730. The average molecular weight is 148 g/mol. The molecule has 0 aliphatic heterocycles. The fourth-order valence-electron chi connectivity index (χ4n) is 0.767. The summed E-state index contributed by atoms with van der Waals surface area (Å²) < 4.78 is 37.5. The maximum Gasteiger partial charge on any atom is 0.188 e. The molecule has 2 unspecified atom stereocenters. The maximum absolute atomic E-state index is 12.8. The summed E-state index contributed by atoms with van der Waals surface area (Å²) in [5.41, 5.74) is -2.18. The van der Waals surface area contributed by atoms with Crippen LogP contribution in [0.1, 0.15) is 6.92 Å². The van der Waals surface area contributed by atoms with Gasteiger partial charge in [0.1, 0.15) is 5.83 Å². The van der Waals surface area contributed by atoms with Gasteiger partial charge in [0.25, 0.3) is 0 Å². The molecule has 2 atom stereocenters. The number of halogens is 3. The summed E-state index contributed by atoms with van der Waals surface area (Å²) in [6.45, 7) is 1.00. The molecule has 0 bridgehead atoms. The van der Waals surface area contributed by atoms with Gasteiger partial charge in [-0.3, -0.25) is 0 Å². The summed E-state index contributed by atoms with van der Waals surface area (Å²) in [5, 5.41) is 0. The lowest BCUT2D eigenvalue weighted by atomic mass is 9.97. The van der Waals surface area contributed by atoms with Crippen LogP contribution in [-0.2, 0) is 0 Å². The monoisotopic (exact) mass is 148 g/mol. The van der Waals surface area contributed by atoms with E-state index in [0.717, 1.165) is 19.1 Å². The summed E-state index contributed by atoms with van der Waals surface area (Å²) in [6.07, 6.45) is 0.954. The van der Waals surface area contributed by atoms with Gasteiger partial charge in [-0.1, -0.05) is 6.08 Å². The Balaban J connectivity index is 2.89. The van der Waals surface area contributed by atoms with Crippen LogP contribution in [0.5, 0.6) is 0 Å². The molecule has 1 aliphatic carbocycles. The first-order valence-electron chi connectivity index (χ1n) is 2.92. The van der Waals surface area contributed by atoms with Gasteiger partial charge in [-0.15, -0.1) is 0 Å². The van der Waals surface area contributed by atoms with Crippen molar-refractivity contribution in [3.8, 4) is 0 Å². The van der Waals surface area contributed by atoms with Crippen LogP contribution < -0.4 is 0 Å². The smallest absolute Gasteiger partial charge is 0.188 e. The molecule has 1 rings (SSSR count). The predicted molar refractivity (Wildman–Crippen MR) is 32.7 cm³/mol. The van der Waals surface area contributed by atoms with Crippen LogP contribution in [0, 0.1) is 0 Å². The van der Waals surface area contributed by atoms with Crippen molar-refractivity contribution in [1.29, 1.82) is 0 Å². The fraction of sp³-hybridized carbons (Fsp3) is 0.429. The van der Waals surface area contributed by atoms with Crippen molar-refractivity contribution in [1.82, 2.24) is 0 Å². The average Bonchev–Trinajstić information content (AvgIpc) is 1.83. The number of allylic oxidation sites excluding steroid dienone is 4. The summed E-state index contributed by atoms with van der Waals surface area (Å²) in [5.74, 6) is -1.05. The minimum atomic E-state index is -2.18. The summed E-state index contributed by atoms with van der Waals surface area (Å²) in [7, 11) is 0. The molecule has 0 N–H and O–H groups in total. The minimum Gasteiger partial charge on any atom is -0.236 e. The predicted octanol–water partition coefficient (Wildman–Crippen LogP) is 2.48. The highest BCUT2D eigenvalue weighted by Crippen LogP contribution is 2.30. The topological polar surface area (TPSA) is 0 Å². The molecule has 3 heteroatoms. The van der Waals surface area contributed by atoms with Gasteiger partial charge in [0.15, 0.2) is 11.8 Å². The van der Waals surface area contributed by atoms with Gasteiger partial charge in [0, 0.05) is 0 Å². The van der Waals surface area contributed by atoms with Gasteiger partial charge < -0.3 is 0 Å². The zero-order valence-electron chi connectivity index (χ0n) is 5.44. The lowest BCUT2D eigenvalue weighted by Crippen LogP contribution is -2.31. The van der Waals surface area contributed by atoms with Crippen molar-refractivity contribution >= 4 is 0 Å². The van der Waals surface area contributed by atoms with Crippen molar-refractivity contribution in [2.45, 2.75) is 18.8 Å². The summed E-state index contributed by atoms with van der Waals surface area (Å²) in [6, 6.07) is 0. The number of rotatable bonds is 0. The normalized spacial score (nSPS) is 39.6. The minimum absolute atomic E-state index is 0.923. The van der Waals surface area contributed by atoms with Gasteiger partial charge in [-0.05, 0) is 19.1 Å². The fourth-order valence-corrected chi connectivity index (χ4v) is 0.767. The molecular formula is C7H7F3. The molecule has 1 aliphatic rings. The van der Waals surface area contributed by atoms with Crippen LogP contribution in [0.15, 0.2) is 24.1 Å². The van der Waals surface area contributed by atoms with Crippen molar-refractivity contribution in [3.63, 3.8) is 0 Å². The zero-order chi connectivity index (χ0) is 7.78. The molecule has 0 nitrogen and oxygen atoms in total. The quantitative estimate of drug-likeness (QED) is 0.495. The van der Waals surface area contributed by atoms with Gasteiger partial charge in [0.2, 0.25) is 0 Å². The van der Waals surface area contributed by atoms with Crippen molar-refractivity contribution in [3.05, 3.63) is 24.1 Å². The second-order valence-electron chi connectivity index (χ2n) is 2.42. The Morgan fingerprint density at radius 2 is 2.20 bits per heavy atom. The van der Waals surface area contributed by atoms with Gasteiger partial charge in [0.05, 0.1) is 0 Å². The van der Waals surface area contributed by atoms with E-state index in [2.05, 4.69) is 0 Å². The molecule has 0 saturated carbocycles. The van der Waals surface area contributed by atoms with Crippen LogP contribution >= 0.6 is 0 Å². The number of alkyl halides is 2. The van der Waals surface area contributed by atoms with Crippen molar-refractivity contribution < 1.29 is 13.2 Å². The largest absolute Gasteiger partial charge is 0.236 e. The van der Waals surface area contributed by atoms with E-state index >= 15 is 0 Å². The summed E-state index contributed by atoms with van der Waals surface area (Å²) in [4.78, 5) is 0. The molecule has 0 fully saturated rings. The molecular weight excluding hydrogens is 141 g/mol. The number of hydrogen-bond acceptors (Lipinski definition) is 0. The second-order valence-corrected chi connectivity index (χ2v) is 2.42. The van der Waals surface area contributed by atoms with E-state index in [9.17, 15) is 13.2 Å². The maximum atomic E-state index is 12.8. The highest BCUT2D eigenvalue weighted by atomic mass is 19.2. The lowest BCUT2D eigenvalue weighted by Gasteiger charge is -2.21. The third kappa shape index (κ3) is 1.08. The van der Waals surface area contributed by atoms with E-state index in [-0.39, 0.29) is 0 Å². The van der Waals surface area contributed by atoms with Crippen LogP contribution in [-0.4, -0.2) is 11.8 Å². The van der Waals surface area contributed by atoms with Crippen LogP contribution in [0.4, 0.5) is 13.2 Å². The van der Waals surface area contributed by atoms with Gasteiger partial charge in [-0.2, -0.15) is 0 Å². The standard InChI is InChI=1S/C7H7F3/c1-7(10)4-2-3-5(8)6(7)9/h2-4,6H,1H3. The third-order valence-corrected chi connectivity index (χ3v) is 1.42. The molecule has 0 aromatic heterocycles. The lowest BCUT2D eigenvalue weighted by molar-refractivity contribution is 0.118. The van der Waals surface area contributed by atoms with Gasteiger partial charge >= 0.3 is 0 Å². The van der Waals surface area contributed by atoms with E-state index < -0.39 is 17.7 Å². The molecule has 0 aromatic carbocycles. The first-order chi connectivity index (χ1) is 4.54. The molecule has 0 saturated heterocycles. The SMILES string of the molecule is CC1(F)C=CC=C(F)C1F. The Labute approximate surface area is 57.0 Å². The first kappa shape index (κ1) is 7.38. The van der Waals surface area contributed by atoms with Crippen molar-refractivity contribution in [2.75, 3.05) is 0 Å². The molecule has 10 heavy (non-hydrogen) atoms. The van der Waals surface area contributed by atoms with E-state index in [1.165, 1.54) is 6.08 Å². The molecule has 0 amide bonds.